The fraction of sp³-hybridized carbons (Fsp3) is 0.478. The van der Waals surface area contributed by atoms with Crippen molar-refractivity contribution in [2.24, 2.45) is 5.92 Å². The lowest BCUT2D eigenvalue weighted by atomic mass is 9.96. The van der Waals surface area contributed by atoms with Gasteiger partial charge in [0.25, 0.3) is 0 Å². The molecular weight excluding hydrogens is 338 g/mol. The van der Waals surface area contributed by atoms with Crippen molar-refractivity contribution < 1.29 is 14.2 Å². The van der Waals surface area contributed by atoms with Crippen LogP contribution in [0.3, 0.4) is 0 Å². The zero-order valence-electron chi connectivity index (χ0n) is 17.3. The topological polar surface area (TPSA) is 39.7 Å². The molecule has 1 heterocycles. The van der Waals surface area contributed by atoms with E-state index in [9.17, 15) is 0 Å². The van der Waals surface area contributed by atoms with Crippen molar-refractivity contribution in [3.8, 4) is 0 Å². The Morgan fingerprint density at radius 2 is 1.81 bits per heavy atom. The molecule has 0 atom stereocenters. The highest BCUT2D eigenvalue weighted by Crippen LogP contribution is 2.20. The van der Waals surface area contributed by atoms with Crippen LogP contribution in [0.1, 0.15) is 38.7 Å². The Bertz CT molecular complexity index is 587. The molecule has 0 unspecified atom stereocenters. The van der Waals surface area contributed by atoms with E-state index in [0.717, 1.165) is 11.5 Å². The molecule has 0 bridgehead atoms. The second-order valence-electron chi connectivity index (χ2n) is 6.44. The third kappa shape index (κ3) is 8.83. The molecule has 27 heavy (non-hydrogen) atoms. The number of piperidine rings is 1. The summed E-state index contributed by atoms with van der Waals surface area (Å²) in [5.74, 6) is 2.85. The summed E-state index contributed by atoms with van der Waals surface area (Å²) in [6.07, 6.45) is 7.56. The highest BCUT2D eigenvalue weighted by molar-refractivity contribution is 5.26. The molecule has 1 N–H and O–H groups in total. The van der Waals surface area contributed by atoms with Crippen molar-refractivity contribution in [2.75, 3.05) is 27.3 Å². The van der Waals surface area contributed by atoms with Crippen LogP contribution in [-0.2, 0) is 20.8 Å². The maximum Gasteiger partial charge on any atom is 0.199 e. The Morgan fingerprint density at radius 1 is 1.15 bits per heavy atom. The lowest BCUT2D eigenvalue weighted by Gasteiger charge is -2.20. The van der Waals surface area contributed by atoms with Crippen LogP contribution in [0.25, 0.3) is 0 Å². The molecule has 0 aromatic heterocycles. The minimum absolute atomic E-state index is 0.453. The van der Waals surface area contributed by atoms with Crippen molar-refractivity contribution in [1.29, 1.82) is 0 Å². The molecular formula is C23H35NO3. The monoisotopic (exact) mass is 373 g/mol. The van der Waals surface area contributed by atoms with Gasteiger partial charge in [0.05, 0.1) is 14.2 Å². The summed E-state index contributed by atoms with van der Waals surface area (Å²) in [7, 11) is 3.19. The Labute approximate surface area is 164 Å². The molecule has 4 nitrogen and oxygen atoms in total. The summed E-state index contributed by atoms with van der Waals surface area (Å²) in [5, 5.41) is 3.35. The summed E-state index contributed by atoms with van der Waals surface area (Å²) in [5.41, 5.74) is 1.08. The normalized spacial score (nSPS) is 15.8. The second kappa shape index (κ2) is 13.9. The van der Waals surface area contributed by atoms with E-state index in [0.29, 0.717) is 23.9 Å². The first-order valence-electron chi connectivity index (χ1n) is 9.65. The average molecular weight is 374 g/mol. The van der Waals surface area contributed by atoms with E-state index in [2.05, 4.69) is 18.8 Å². The Balaban J connectivity index is 0.000000377. The fourth-order valence-electron chi connectivity index (χ4n) is 2.80. The predicted molar refractivity (Wildman–Crippen MR) is 112 cm³/mol. The third-order valence-electron chi connectivity index (χ3n) is 4.60. The highest BCUT2D eigenvalue weighted by atomic mass is 16.5. The molecule has 4 heteroatoms. The maximum absolute atomic E-state index is 5.80. The lowest BCUT2D eigenvalue weighted by Crippen LogP contribution is -2.27. The van der Waals surface area contributed by atoms with Crippen LogP contribution in [0.5, 0.6) is 0 Å². The van der Waals surface area contributed by atoms with Crippen LogP contribution in [0, 0.1) is 5.92 Å². The van der Waals surface area contributed by atoms with Crippen LogP contribution in [0.4, 0.5) is 0 Å². The van der Waals surface area contributed by atoms with Gasteiger partial charge in [-0.3, -0.25) is 0 Å². The van der Waals surface area contributed by atoms with Crippen molar-refractivity contribution in [3.63, 3.8) is 0 Å². The first-order valence-corrected chi connectivity index (χ1v) is 9.65. The number of ether oxygens (including phenoxy) is 3. The van der Waals surface area contributed by atoms with Crippen molar-refractivity contribution in [1.82, 2.24) is 5.32 Å². The molecule has 0 aliphatic carbocycles. The van der Waals surface area contributed by atoms with Gasteiger partial charge in [0, 0.05) is 0 Å². The van der Waals surface area contributed by atoms with E-state index in [4.69, 9.17) is 14.2 Å². The summed E-state index contributed by atoms with van der Waals surface area (Å²) < 4.78 is 16.3. The van der Waals surface area contributed by atoms with Crippen LogP contribution < -0.4 is 5.32 Å². The van der Waals surface area contributed by atoms with Crippen molar-refractivity contribution in [2.45, 2.75) is 39.7 Å². The molecule has 0 spiro atoms. The largest absolute Gasteiger partial charge is 0.497 e. The molecule has 0 amide bonds. The van der Waals surface area contributed by atoms with E-state index in [-0.39, 0.29) is 0 Å². The molecule has 1 fully saturated rings. The molecule has 1 aromatic carbocycles. The van der Waals surface area contributed by atoms with Gasteiger partial charge >= 0.3 is 0 Å². The third-order valence-corrected chi connectivity index (χ3v) is 4.60. The van der Waals surface area contributed by atoms with Gasteiger partial charge in [0.15, 0.2) is 11.5 Å². The minimum Gasteiger partial charge on any atom is -0.497 e. The van der Waals surface area contributed by atoms with Gasteiger partial charge < -0.3 is 19.5 Å². The van der Waals surface area contributed by atoms with Crippen LogP contribution in [0.15, 0.2) is 66.3 Å². The number of methoxy groups -OCH3 is 2. The molecule has 2 rings (SSSR count). The summed E-state index contributed by atoms with van der Waals surface area (Å²) in [4.78, 5) is 0. The van der Waals surface area contributed by atoms with Crippen LogP contribution >= 0.6 is 0 Å². The average Bonchev–Trinajstić information content (AvgIpc) is 2.74. The Hall–Kier alpha value is -2.20. The summed E-state index contributed by atoms with van der Waals surface area (Å²) in [6, 6.07) is 9.93. The first-order chi connectivity index (χ1) is 13.2. The zero-order valence-corrected chi connectivity index (χ0v) is 17.3. The van der Waals surface area contributed by atoms with Gasteiger partial charge in [-0.15, -0.1) is 0 Å². The number of hydrogen-bond acceptors (Lipinski definition) is 4. The van der Waals surface area contributed by atoms with Gasteiger partial charge in [-0.2, -0.15) is 0 Å². The molecule has 0 saturated carbocycles. The van der Waals surface area contributed by atoms with Crippen molar-refractivity contribution in [3.05, 3.63) is 71.9 Å². The molecule has 0 radical (unpaired) electrons. The molecule has 1 aliphatic rings. The standard InChI is InChI=1S/C16H20O3.C7H15N/c1-5-9-15(18-4)16(13(2)17-3)19-12-14-10-7-6-8-11-14;1-2-7-3-5-8-6-4-7/h5-11H,1,12H2,2-4H3;7-8H,2-6H2,1H3/b15-9+,16-13-;. The van der Waals surface area contributed by atoms with Gasteiger partial charge in [0.2, 0.25) is 0 Å². The molecule has 1 aliphatic heterocycles. The fourth-order valence-corrected chi connectivity index (χ4v) is 2.80. The number of hydrogen-bond donors (Lipinski definition) is 1. The number of benzene rings is 1. The molecule has 1 saturated heterocycles. The second-order valence-corrected chi connectivity index (χ2v) is 6.44. The van der Waals surface area contributed by atoms with E-state index >= 15 is 0 Å². The van der Waals surface area contributed by atoms with Crippen molar-refractivity contribution >= 4 is 0 Å². The van der Waals surface area contributed by atoms with Gasteiger partial charge in [-0.1, -0.05) is 56.3 Å². The predicted octanol–water partition coefficient (Wildman–Crippen LogP) is 5.19. The van der Waals surface area contributed by atoms with Gasteiger partial charge in [0.1, 0.15) is 12.4 Å². The Kier molecular flexibility index (Phi) is 11.8. The van der Waals surface area contributed by atoms with Gasteiger partial charge in [-0.05, 0) is 50.4 Å². The number of rotatable bonds is 8. The lowest BCUT2D eigenvalue weighted by molar-refractivity contribution is 0.141. The quantitative estimate of drug-likeness (QED) is 0.503. The van der Waals surface area contributed by atoms with E-state index in [1.54, 1.807) is 26.4 Å². The number of nitrogens with one attached hydrogen (secondary N) is 1. The zero-order chi connectivity index (χ0) is 19.9. The summed E-state index contributed by atoms with van der Waals surface area (Å²) in [6.45, 7) is 10.7. The van der Waals surface area contributed by atoms with E-state index in [1.165, 1.54) is 32.4 Å². The minimum atomic E-state index is 0.453. The number of allylic oxidation sites excluding steroid dienone is 3. The summed E-state index contributed by atoms with van der Waals surface area (Å²) >= 11 is 0. The molecule has 150 valence electrons. The van der Waals surface area contributed by atoms with Crippen LogP contribution in [0.2, 0.25) is 0 Å². The van der Waals surface area contributed by atoms with E-state index in [1.807, 2.05) is 37.3 Å². The smallest absolute Gasteiger partial charge is 0.199 e. The first kappa shape index (κ1) is 22.8. The van der Waals surface area contributed by atoms with E-state index < -0.39 is 0 Å². The molecule has 1 aromatic rings. The highest BCUT2D eigenvalue weighted by Gasteiger charge is 2.12. The van der Waals surface area contributed by atoms with Crippen LogP contribution in [-0.4, -0.2) is 27.3 Å². The SMILES string of the molecule is C=C/C=C(OC)\C(OCc1ccccc1)=C(/C)OC.CCC1CCNCC1. The maximum atomic E-state index is 5.80. The van der Waals surface area contributed by atoms with Gasteiger partial charge in [-0.25, -0.2) is 0 Å². The Morgan fingerprint density at radius 3 is 2.30 bits per heavy atom.